The highest BCUT2D eigenvalue weighted by atomic mass is 19.1. The Bertz CT molecular complexity index is 800. The van der Waals surface area contributed by atoms with E-state index in [1.807, 2.05) is 0 Å². The Morgan fingerprint density at radius 3 is 2.42 bits per heavy atom. The molecule has 1 N–H and O–H groups in total. The Labute approximate surface area is 137 Å². The molecule has 0 saturated heterocycles. The van der Waals surface area contributed by atoms with Crippen LogP contribution in [-0.4, -0.2) is 23.5 Å². The van der Waals surface area contributed by atoms with Crippen molar-refractivity contribution in [3.8, 4) is 17.0 Å². The molecule has 4 nitrogen and oxygen atoms in total. The molecule has 1 heterocycles. The van der Waals surface area contributed by atoms with Gasteiger partial charge in [-0.3, -0.25) is 4.79 Å². The van der Waals surface area contributed by atoms with E-state index in [4.69, 9.17) is 4.74 Å². The van der Waals surface area contributed by atoms with E-state index in [-0.39, 0.29) is 22.9 Å². The second-order valence-electron chi connectivity index (χ2n) is 6.65. The van der Waals surface area contributed by atoms with Crippen LogP contribution in [0.25, 0.3) is 11.1 Å². The number of halogens is 2. The standard InChI is InChI=1S/C18H16F2N2O2/c1-24-17-15(11-2-13(19)5-14(20)3-11)4-12(9-21-17)16(23)22-18-6-10(7-18)8-18/h2-5,9-10H,6-8H2,1H3,(H,22,23). The summed E-state index contributed by atoms with van der Waals surface area (Å²) < 4.78 is 32.2. The highest BCUT2D eigenvalue weighted by Crippen LogP contribution is 2.57. The predicted octanol–water partition coefficient (Wildman–Crippen LogP) is 3.32. The summed E-state index contributed by atoms with van der Waals surface area (Å²) in [6, 6.07) is 4.72. The molecule has 3 fully saturated rings. The van der Waals surface area contributed by atoms with Crippen LogP contribution in [0.5, 0.6) is 5.88 Å². The second kappa shape index (κ2) is 5.26. The fourth-order valence-electron chi connectivity index (χ4n) is 3.60. The van der Waals surface area contributed by atoms with Crippen LogP contribution in [0.1, 0.15) is 29.6 Å². The van der Waals surface area contributed by atoms with E-state index in [1.54, 1.807) is 6.07 Å². The van der Waals surface area contributed by atoms with Crippen molar-refractivity contribution in [3.63, 3.8) is 0 Å². The smallest absolute Gasteiger partial charge is 0.253 e. The summed E-state index contributed by atoms with van der Waals surface area (Å²) >= 11 is 0. The van der Waals surface area contributed by atoms with Gasteiger partial charge in [0.2, 0.25) is 5.88 Å². The molecule has 3 aliphatic rings. The topological polar surface area (TPSA) is 51.2 Å². The number of ether oxygens (including phenoxy) is 1. The first kappa shape index (κ1) is 15.1. The number of rotatable bonds is 4. The molecule has 0 unspecified atom stereocenters. The third-order valence-electron chi connectivity index (χ3n) is 4.90. The number of nitrogens with one attached hydrogen (secondary N) is 1. The van der Waals surface area contributed by atoms with Gasteiger partial charge in [0.05, 0.1) is 12.7 Å². The Kier molecular flexibility index (Phi) is 3.30. The van der Waals surface area contributed by atoms with E-state index < -0.39 is 11.6 Å². The molecule has 1 aromatic heterocycles. The zero-order chi connectivity index (χ0) is 16.9. The SMILES string of the molecule is COc1ncc(C(=O)NC23CC(C2)C3)cc1-c1cc(F)cc(F)c1. The lowest BCUT2D eigenvalue weighted by Crippen LogP contribution is -2.68. The largest absolute Gasteiger partial charge is 0.481 e. The molecule has 3 aliphatic carbocycles. The lowest BCUT2D eigenvalue weighted by atomic mass is 9.50. The Balaban J connectivity index is 1.68. The van der Waals surface area contributed by atoms with E-state index in [2.05, 4.69) is 10.3 Å². The van der Waals surface area contributed by atoms with Crippen molar-refractivity contribution >= 4 is 5.91 Å². The summed E-state index contributed by atoms with van der Waals surface area (Å²) in [5, 5.41) is 3.05. The van der Waals surface area contributed by atoms with Crippen LogP contribution in [0.3, 0.4) is 0 Å². The van der Waals surface area contributed by atoms with Gasteiger partial charge >= 0.3 is 0 Å². The maximum atomic E-state index is 13.5. The number of hydrogen-bond acceptors (Lipinski definition) is 3. The van der Waals surface area contributed by atoms with Crippen molar-refractivity contribution in [2.45, 2.75) is 24.8 Å². The molecular formula is C18H16F2N2O2. The monoisotopic (exact) mass is 330 g/mol. The number of aromatic nitrogens is 1. The summed E-state index contributed by atoms with van der Waals surface area (Å²) in [4.78, 5) is 16.6. The van der Waals surface area contributed by atoms with Gasteiger partial charge in [0, 0.05) is 23.4 Å². The molecule has 0 atom stereocenters. The molecule has 0 aliphatic heterocycles. The summed E-state index contributed by atoms with van der Waals surface area (Å²) in [5.41, 5.74) is 0.950. The molecular weight excluding hydrogens is 314 g/mol. The average Bonchev–Trinajstić information content (AvgIpc) is 2.47. The van der Waals surface area contributed by atoms with E-state index >= 15 is 0 Å². The third-order valence-corrected chi connectivity index (χ3v) is 4.90. The highest BCUT2D eigenvalue weighted by Gasteiger charge is 2.57. The normalized spacial score (nSPS) is 23.9. The average molecular weight is 330 g/mol. The lowest BCUT2D eigenvalue weighted by Gasteiger charge is -2.61. The quantitative estimate of drug-likeness (QED) is 0.936. The number of methoxy groups -OCH3 is 1. The molecule has 24 heavy (non-hydrogen) atoms. The van der Waals surface area contributed by atoms with Crippen molar-refractivity contribution < 1.29 is 18.3 Å². The van der Waals surface area contributed by atoms with Crippen molar-refractivity contribution in [2.24, 2.45) is 5.92 Å². The van der Waals surface area contributed by atoms with E-state index in [0.29, 0.717) is 11.1 Å². The maximum absolute atomic E-state index is 13.5. The zero-order valence-corrected chi connectivity index (χ0v) is 13.1. The van der Waals surface area contributed by atoms with Gasteiger partial charge in [0.1, 0.15) is 11.6 Å². The molecule has 124 valence electrons. The number of amides is 1. The van der Waals surface area contributed by atoms with Crippen molar-refractivity contribution in [1.82, 2.24) is 10.3 Å². The Hall–Kier alpha value is -2.50. The van der Waals surface area contributed by atoms with Gasteiger partial charge < -0.3 is 10.1 Å². The fraction of sp³-hybridized carbons (Fsp3) is 0.333. The first-order valence-corrected chi connectivity index (χ1v) is 7.81. The number of benzene rings is 1. The minimum Gasteiger partial charge on any atom is -0.481 e. The van der Waals surface area contributed by atoms with Gasteiger partial charge in [-0.1, -0.05) is 0 Å². The minimum absolute atomic E-state index is 0.0488. The number of hydrogen-bond donors (Lipinski definition) is 1. The van der Waals surface area contributed by atoms with E-state index in [9.17, 15) is 13.6 Å². The van der Waals surface area contributed by atoms with Crippen molar-refractivity contribution in [3.05, 3.63) is 47.7 Å². The Morgan fingerprint density at radius 1 is 1.21 bits per heavy atom. The molecule has 5 rings (SSSR count). The molecule has 0 radical (unpaired) electrons. The van der Waals surface area contributed by atoms with Gasteiger partial charge in [0.25, 0.3) is 5.91 Å². The Morgan fingerprint density at radius 2 is 1.88 bits per heavy atom. The van der Waals surface area contributed by atoms with Gasteiger partial charge in [0.15, 0.2) is 0 Å². The highest BCUT2D eigenvalue weighted by molar-refractivity contribution is 5.96. The first-order valence-electron chi connectivity index (χ1n) is 7.81. The molecule has 1 amide bonds. The minimum atomic E-state index is -0.698. The van der Waals surface area contributed by atoms with Crippen LogP contribution >= 0.6 is 0 Å². The van der Waals surface area contributed by atoms with E-state index in [1.165, 1.54) is 25.4 Å². The van der Waals surface area contributed by atoms with Crippen LogP contribution in [0, 0.1) is 17.6 Å². The molecule has 1 aromatic carbocycles. The maximum Gasteiger partial charge on any atom is 0.253 e. The van der Waals surface area contributed by atoms with Crippen LogP contribution in [0.2, 0.25) is 0 Å². The molecule has 2 aromatic rings. The predicted molar refractivity (Wildman–Crippen MR) is 83.7 cm³/mol. The molecule has 0 spiro atoms. The molecule has 6 heteroatoms. The summed E-state index contributed by atoms with van der Waals surface area (Å²) in [6.07, 6.45) is 4.51. The van der Waals surface area contributed by atoms with E-state index in [0.717, 1.165) is 31.2 Å². The van der Waals surface area contributed by atoms with Gasteiger partial charge in [-0.2, -0.15) is 0 Å². The second-order valence-corrected chi connectivity index (χ2v) is 6.65. The van der Waals surface area contributed by atoms with Crippen LogP contribution < -0.4 is 10.1 Å². The third kappa shape index (κ3) is 2.42. The van der Waals surface area contributed by atoms with Gasteiger partial charge in [-0.05, 0) is 48.9 Å². The zero-order valence-electron chi connectivity index (χ0n) is 13.1. The number of pyridine rings is 1. The first-order chi connectivity index (χ1) is 11.5. The number of carbonyl (C=O) groups is 1. The summed E-state index contributed by atoms with van der Waals surface area (Å²) in [6.45, 7) is 0. The summed E-state index contributed by atoms with van der Waals surface area (Å²) in [5.74, 6) is -0.653. The van der Waals surface area contributed by atoms with Gasteiger partial charge in [-0.25, -0.2) is 13.8 Å². The fourth-order valence-corrected chi connectivity index (χ4v) is 3.60. The lowest BCUT2D eigenvalue weighted by molar-refractivity contribution is -0.0438. The number of carbonyl (C=O) groups excluding carboxylic acids is 1. The summed E-state index contributed by atoms with van der Waals surface area (Å²) in [7, 11) is 1.42. The van der Waals surface area contributed by atoms with Crippen LogP contribution in [0.4, 0.5) is 8.78 Å². The van der Waals surface area contributed by atoms with Crippen molar-refractivity contribution in [2.75, 3.05) is 7.11 Å². The van der Waals surface area contributed by atoms with Crippen molar-refractivity contribution in [1.29, 1.82) is 0 Å². The molecule has 2 bridgehead atoms. The van der Waals surface area contributed by atoms with Gasteiger partial charge in [-0.15, -0.1) is 0 Å². The van der Waals surface area contributed by atoms with Crippen LogP contribution in [0.15, 0.2) is 30.5 Å². The number of nitrogens with zero attached hydrogens (tertiary/aromatic N) is 1. The van der Waals surface area contributed by atoms with Crippen LogP contribution in [-0.2, 0) is 0 Å². The molecule has 3 saturated carbocycles.